The van der Waals surface area contributed by atoms with Crippen LogP contribution in [0, 0.1) is 6.92 Å². The van der Waals surface area contributed by atoms with Crippen molar-refractivity contribution in [2.45, 2.75) is 26.3 Å². The van der Waals surface area contributed by atoms with E-state index in [1.54, 1.807) is 4.90 Å². The van der Waals surface area contributed by atoms with Crippen LogP contribution >= 0.6 is 0 Å². The number of ether oxygens (including phenoxy) is 1. The molecule has 0 saturated carbocycles. The zero-order valence-corrected chi connectivity index (χ0v) is 11.7. The van der Waals surface area contributed by atoms with Crippen molar-refractivity contribution in [1.82, 2.24) is 10.2 Å². The van der Waals surface area contributed by atoms with Gasteiger partial charge in [-0.1, -0.05) is 31.2 Å². The van der Waals surface area contributed by atoms with Gasteiger partial charge in [0.15, 0.2) is 0 Å². The van der Waals surface area contributed by atoms with Crippen LogP contribution in [0.4, 0.5) is 4.79 Å². The van der Waals surface area contributed by atoms with Crippen molar-refractivity contribution in [1.29, 1.82) is 0 Å². The molecule has 1 aliphatic rings. The predicted octanol–water partition coefficient (Wildman–Crippen LogP) is 2.49. The number of carbonyl (C=O) groups is 1. The van der Waals surface area contributed by atoms with Gasteiger partial charge in [0, 0.05) is 6.54 Å². The molecule has 1 N–H and O–H groups in total. The number of hydrogen-bond acceptors (Lipinski definition) is 3. The van der Waals surface area contributed by atoms with Gasteiger partial charge in [0.25, 0.3) is 0 Å². The maximum atomic E-state index is 11.6. The lowest BCUT2D eigenvalue weighted by atomic mass is 10.0. The Morgan fingerprint density at radius 1 is 1.42 bits per heavy atom. The van der Waals surface area contributed by atoms with E-state index in [0.717, 1.165) is 13.0 Å². The third-order valence-corrected chi connectivity index (χ3v) is 3.45. The summed E-state index contributed by atoms with van der Waals surface area (Å²) in [7, 11) is 0. The van der Waals surface area contributed by atoms with Crippen LogP contribution in [0.3, 0.4) is 0 Å². The van der Waals surface area contributed by atoms with Gasteiger partial charge in [-0.2, -0.15) is 0 Å². The minimum absolute atomic E-state index is 0.173. The number of benzene rings is 1. The lowest BCUT2D eigenvalue weighted by Gasteiger charge is -2.25. The molecular formula is C15H22N2O2. The summed E-state index contributed by atoms with van der Waals surface area (Å²) in [4.78, 5) is 13.4. The van der Waals surface area contributed by atoms with Crippen LogP contribution in [0.5, 0.6) is 0 Å². The number of cyclic esters (lactones) is 1. The Hall–Kier alpha value is -1.55. The maximum Gasteiger partial charge on any atom is 0.410 e. The summed E-state index contributed by atoms with van der Waals surface area (Å²) in [5.74, 6) is 0. The van der Waals surface area contributed by atoms with Gasteiger partial charge < -0.3 is 15.0 Å². The van der Waals surface area contributed by atoms with Crippen LogP contribution in [0.25, 0.3) is 0 Å². The molecule has 1 amide bonds. The smallest absolute Gasteiger partial charge is 0.410 e. The van der Waals surface area contributed by atoms with E-state index in [-0.39, 0.29) is 12.1 Å². The van der Waals surface area contributed by atoms with Crippen LogP contribution in [0.2, 0.25) is 0 Å². The van der Waals surface area contributed by atoms with Gasteiger partial charge in [0.1, 0.15) is 6.61 Å². The predicted molar refractivity (Wildman–Crippen MR) is 75.1 cm³/mol. The van der Waals surface area contributed by atoms with Gasteiger partial charge in [0.2, 0.25) is 0 Å². The Balaban J connectivity index is 2.11. The number of nitrogens with zero attached hydrogens (tertiary/aromatic N) is 1. The summed E-state index contributed by atoms with van der Waals surface area (Å²) in [6.45, 7) is 7.07. The van der Waals surface area contributed by atoms with Gasteiger partial charge in [0.05, 0.1) is 12.6 Å². The van der Waals surface area contributed by atoms with Crippen molar-refractivity contribution in [3.63, 3.8) is 0 Å². The van der Waals surface area contributed by atoms with Crippen molar-refractivity contribution in [3.05, 3.63) is 35.4 Å². The van der Waals surface area contributed by atoms with Crippen molar-refractivity contribution >= 4 is 6.09 Å². The SMILES string of the molecule is CCCNC(CN1CCOC1=O)c1ccccc1C. The molecule has 1 aliphatic heterocycles. The van der Waals surface area contributed by atoms with E-state index in [0.29, 0.717) is 19.7 Å². The molecule has 1 saturated heterocycles. The van der Waals surface area contributed by atoms with Crippen molar-refractivity contribution in [3.8, 4) is 0 Å². The maximum absolute atomic E-state index is 11.6. The van der Waals surface area contributed by atoms with E-state index in [1.165, 1.54) is 11.1 Å². The number of rotatable bonds is 6. The van der Waals surface area contributed by atoms with Crippen LogP contribution in [-0.2, 0) is 4.74 Å². The number of amides is 1. The van der Waals surface area contributed by atoms with E-state index < -0.39 is 0 Å². The van der Waals surface area contributed by atoms with Crippen LogP contribution in [0.1, 0.15) is 30.5 Å². The van der Waals surface area contributed by atoms with Crippen LogP contribution in [-0.4, -0.2) is 37.2 Å². The summed E-state index contributed by atoms with van der Waals surface area (Å²) in [6, 6.07) is 8.50. The number of carbonyl (C=O) groups excluding carboxylic acids is 1. The van der Waals surface area contributed by atoms with Gasteiger partial charge in [-0.15, -0.1) is 0 Å². The first-order chi connectivity index (χ1) is 9.22. The molecule has 104 valence electrons. The number of aryl methyl sites for hydroxylation is 1. The highest BCUT2D eigenvalue weighted by atomic mass is 16.6. The fraction of sp³-hybridized carbons (Fsp3) is 0.533. The first-order valence-electron chi connectivity index (χ1n) is 6.93. The molecule has 1 aromatic carbocycles. The largest absolute Gasteiger partial charge is 0.448 e. The monoisotopic (exact) mass is 262 g/mol. The zero-order valence-electron chi connectivity index (χ0n) is 11.7. The molecule has 1 aromatic rings. The second-order valence-corrected chi connectivity index (χ2v) is 4.92. The highest BCUT2D eigenvalue weighted by Gasteiger charge is 2.25. The van der Waals surface area contributed by atoms with E-state index in [4.69, 9.17) is 4.74 Å². The zero-order chi connectivity index (χ0) is 13.7. The minimum atomic E-state index is -0.197. The molecule has 0 aromatic heterocycles. The van der Waals surface area contributed by atoms with Gasteiger partial charge in [-0.05, 0) is 31.0 Å². The normalized spacial score (nSPS) is 16.5. The second-order valence-electron chi connectivity index (χ2n) is 4.92. The summed E-state index contributed by atoms with van der Waals surface area (Å²) >= 11 is 0. The topological polar surface area (TPSA) is 41.6 Å². The molecule has 0 bridgehead atoms. The molecule has 1 heterocycles. The lowest BCUT2D eigenvalue weighted by Crippen LogP contribution is -2.36. The molecule has 4 heteroatoms. The molecule has 0 aliphatic carbocycles. The Labute approximate surface area is 114 Å². The number of hydrogen-bond donors (Lipinski definition) is 1. The molecule has 0 spiro atoms. The van der Waals surface area contributed by atoms with E-state index >= 15 is 0 Å². The molecule has 1 atom stereocenters. The van der Waals surface area contributed by atoms with E-state index in [1.807, 2.05) is 12.1 Å². The molecular weight excluding hydrogens is 240 g/mol. The number of nitrogens with one attached hydrogen (secondary N) is 1. The first kappa shape index (κ1) is 13.9. The van der Waals surface area contributed by atoms with E-state index in [2.05, 4.69) is 31.3 Å². The molecule has 1 fully saturated rings. The summed E-state index contributed by atoms with van der Waals surface area (Å²) in [6.07, 6.45) is 0.879. The van der Waals surface area contributed by atoms with Crippen molar-refractivity contribution in [2.24, 2.45) is 0 Å². The standard InChI is InChI=1S/C15H22N2O2/c1-3-8-16-14(11-17-9-10-19-15(17)18)13-7-5-4-6-12(13)2/h4-7,14,16H,3,8-11H2,1-2H3. The van der Waals surface area contributed by atoms with Gasteiger partial charge in [-0.3, -0.25) is 0 Å². The quantitative estimate of drug-likeness (QED) is 0.856. The third-order valence-electron chi connectivity index (χ3n) is 3.45. The summed E-state index contributed by atoms with van der Waals surface area (Å²) in [5, 5.41) is 3.52. The molecule has 19 heavy (non-hydrogen) atoms. The average Bonchev–Trinajstić information content (AvgIpc) is 2.81. The van der Waals surface area contributed by atoms with Crippen LogP contribution in [0.15, 0.2) is 24.3 Å². The van der Waals surface area contributed by atoms with Crippen molar-refractivity contribution in [2.75, 3.05) is 26.2 Å². The Morgan fingerprint density at radius 2 is 2.21 bits per heavy atom. The summed E-state index contributed by atoms with van der Waals surface area (Å²) in [5.41, 5.74) is 2.51. The third kappa shape index (κ3) is 3.47. The lowest BCUT2D eigenvalue weighted by molar-refractivity contribution is 0.155. The Bertz CT molecular complexity index is 434. The Kier molecular flexibility index (Phi) is 4.80. The summed E-state index contributed by atoms with van der Waals surface area (Å²) < 4.78 is 5.00. The van der Waals surface area contributed by atoms with Crippen LogP contribution < -0.4 is 5.32 Å². The molecule has 2 rings (SSSR count). The highest BCUT2D eigenvalue weighted by Crippen LogP contribution is 2.20. The van der Waals surface area contributed by atoms with Gasteiger partial charge >= 0.3 is 6.09 Å². The fourth-order valence-corrected chi connectivity index (χ4v) is 2.38. The van der Waals surface area contributed by atoms with Crippen molar-refractivity contribution < 1.29 is 9.53 Å². The average molecular weight is 262 g/mol. The first-order valence-corrected chi connectivity index (χ1v) is 6.93. The molecule has 0 radical (unpaired) electrons. The minimum Gasteiger partial charge on any atom is -0.448 e. The second kappa shape index (κ2) is 6.57. The van der Waals surface area contributed by atoms with Gasteiger partial charge in [-0.25, -0.2) is 4.79 Å². The molecule has 1 unspecified atom stereocenters. The van der Waals surface area contributed by atoms with E-state index in [9.17, 15) is 4.79 Å². The Morgan fingerprint density at radius 3 is 2.84 bits per heavy atom. The molecule has 4 nitrogen and oxygen atoms in total. The fourth-order valence-electron chi connectivity index (χ4n) is 2.38. The highest BCUT2D eigenvalue weighted by molar-refractivity contribution is 5.69.